The molecule has 0 atom stereocenters. The van der Waals surface area contributed by atoms with Crippen molar-refractivity contribution in [3.63, 3.8) is 0 Å². The van der Waals surface area contributed by atoms with Crippen LogP contribution in [0, 0.1) is 17.8 Å². The maximum absolute atomic E-state index is 6.10. The molecule has 2 rings (SSSR count). The van der Waals surface area contributed by atoms with Crippen molar-refractivity contribution in [1.82, 2.24) is 0 Å². The third-order valence-electron chi connectivity index (χ3n) is 6.43. The Morgan fingerprint density at radius 2 is 1.42 bits per heavy atom. The van der Waals surface area contributed by atoms with Crippen LogP contribution in [0.3, 0.4) is 0 Å². The van der Waals surface area contributed by atoms with Crippen LogP contribution >= 0.6 is 0 Å². The maximum Gasteiger partial charge on any atom is 0.0651 e. The van der Waals surface area contributed by atoms with Crippen LogP contribution in [0.5, 0.6) is 0 Å². The summed E-state index contributed by atoms with van der Waals surface area (Å²) in [6.45, 7) is 5.46. The molecule has 2 saturated carbocycles. The summed E-state index contributed by atoms with van der Waals surface area (Å²) in [5, 5.41) is 0. The molecule has 1 nitrogen and oxygen atoms in total. The number of hydrogen-bond acceptors (Lipinski definition) is 1. The molecule has 24 heavy (non-hydrogen) atoms. The van der Waals surface area contributed by atoms with Crippen LogP contribution in [0.1, 0.15) is 104 Å². The molecule has 0 radical (unpaired) electrons. The minimum Gasteiger partial charge on any atom is -0.374 e. The molecule has 0 aromatic carbocycles. The highest BCUT2D eigenvalue weighted by Crippen LogP contribution is 2.33. The molecule has 1 heteroatoms. The van der Waals surface area contributed by atoms with Gasteiger partial charge in [0.25, 0.3) is 0 Å². The first-order valence-corrected chi connectivity index (χ1v) is 11.1. The van der Waals surface area contributed by atoms with Gasteiger partial charge in [-0.05, 0) is 69.1 Å². The number of unbranched alkanes of at least 4 members (excludes halogenated alkanes) is 2. The highest BCUT2D eigenvalue weighted by atomic mass is 16.5. The molecule has 2 aliphatic rings. The van der Waals surface area contributed by atoms with Crippen LogP contribution in [-0.4, -0.2) is 12.7 Å². The van der Waals surface area contributed by atoms with E-state index < -0.39 is 0 Å². The summed E-state index contributed by atoms with van der Waals surface area (Å²) in [6.07, 6.45) is 24.9. The summed E-state index contributed by atoms with van der Waals surface area (Å²) >= 11 is 0. The molecule has 0 bridgehead atoms. The van der Waals surface area contributed by atoms with Crippen LogP contribution in [0.25, 0.3) is 0 Å². The number of ether oxygens (including phenoxy) is 1. The van der Waals surface area contributed by atoms with Crippen LogP contribution in [-0.2, 0) is 4.74 Å². The van der Waals surface area contributed by atoms with Gasteiger partial charge in [0.15, 0.2) is 0 Å². The number of hydrogen-bond donors (Lipinski definition) is 0. The second kappa shape index (κ2) is 12.1. The van der Waals surface area contributed by atoms with Gasteiger partial charge < -0.3 is 4.74 Å². The second-order valence-electron chi connectivity index (χ2n) is 8.47. The smallest absolute Gasteiger partial charge is 0.0651 e. The van der Waals surface area contributed by atoms with Gasteiger partial charge in [-0.15, -0.1) is 0 Å². The van der Waals surface area contributed by atoms with Crippen molar-refractivity contribution in [2.45, 2.75) is 110 Å². The summed E-state index contributed by atoms with van der Waals surface area (Å²) in [5.74, 6) is 2.84. The van der Waals surface area contributed by atoms with E-state index in [1.165, 1.54) is 89.9 Å². The Morgan fingerprint density at radius 1 is 0.750 bits per heavy atom. The highest BCUT2D eigenvalue weighted by molar-refractivity contribution is 4.91. The van der Waals surface area contributed by atoms with Crippen LogP contribution in [0.2, 0.25) is 0 Å². The zero-order chi connectivity index (χ0) is 17.0. The molecular formula is C23H42O. The Balaban J connectivity index is 1.51. The molecule has 0 heterocycles. The fraction of sp³-hybridized carbons (Fsp3) is 0.913. The predicted octanol–water partition coefficient (Wildman–Crippen LogP) is 7.30. The number of allylic oxidation sites excluding steroid dienone is 1. The van der Waals surface area contributed by atoms with Gasteiger partial charge >= 0.3 is 0 Å². The molecule has 0 spiro atoms. The van der Waals surface area contributed by atoms with Gasteiger partial charge in [-0.25, -0.2) is 0 Å². The molecule has 140 valence electrons. The van der Waals surface area contributed by atoms with E-state index in [1.807, 2.05) is 0 Å². The van der Waals surface area contributed by atoms with Gasteiger partial charge in [0.2, 0.25) is 0 Å². The van der Waals surface area contributed by atoms with E-state index in [-0.39, 0.29) is 0 Å². The lowest BCUT2D eigenvalue weighted by Gasteiger charge is -2.28. The summed E-state index contributed by atoms with van der Waals surface area (Å²) in [4.78, 5) is 0. The average Bonchev–Trinajstić information content (AvgIpc) is 2.62. The molecule has 2 aliphatic carbocycles. The van der Waals surface area contributed by atoms with Crippen molar-refractivity contribution in [3.05, 3.63) is 12.2 Å². The zero-order valence-electron chi connectivity index (χ0n) is 16.5. The molecule has 0 amide bonds. The average molecular weight is 335 g/mol. The summed E-state index contributed by atoms with van der Waals surface area (Å²) in [5.41, 5.74) is 0. The minimum absolute atomic E-state index is 0.539. The molecule has 0 aliphatic heterocycles. The predicted molar refractivity (Wildman–Crippen MR) is 105 cm³/mol. The first kappa shape index (κ1) is 20.0. The molecule has 0 saturated heterocycles. The van der Waals surface area contributed by atoms with E-state index >= 15 is 0 Å². The molecule has 0 aromatic rings. The Morgan fingerprint density at radius 3 is 2.08 bits per heavy atom. The van der Waals surface area contributed by atoms with E-state index in [4.69, 9.17) is 4.74 Å². The monoisotopic (exact) mass is 334 g/mol. The fourth-order valence-corrected chi connectivity index (χ4v) is 4.79. The van der Waals surface area contributed by atoms with Gasteiger partial charge in [-0.1, -0.05) is 64.5 Å². The topological polar surface area (TPSA) is 9.23 Å². The lowest BCUT2D eigenvalue weighted by Crippen LogP contribution is -2.21. The Kier molecular flexibility index (Phi) is 10.1. The number of rotatable bonds is 10. The molecule has 0 unspecified atom stereocenters. The van der Waals surface area contributed by atoms with Crippen molar-refractivity contribution in [2.75, 3.05) is 6.61 Å². The zero-order valence-corrected chi connectivity index (χ0v) is 16.5. The SMILES string of the molecule is CCCCC[C@H]1CC[C@H](/C=C/CO[C@H]2CC[C@H](CCC)CC2)CC1. The van der Waals surface area contributed by atoms with Crippen LogP contribution in [0.15, 0.2) is 12.2 Å². The minimum atomic E-state index is 0.539. The third kappa shape index (κ3) is 7.72. The molecular weight excluding hydrogens is 292 g/mol. The Hall–Kier alpha value is -0.300. The first-order valence-electron chi connectivity index (χ1n) is 11.1. The summed E-state index contributed by atoms with van der Waals surface area (Å²) in [6, 6.07) is 0. The molecule has 2 fully saturated rings. The van der Waals surface area contributed by atoms with E-state index in [2.05, 4.69) is 26.0 Å². The quantitative estimate of drug-likeness (QED) is 0.301. The summed E-state index contributed by atoms with van der Waals surface area (Å²) in [7, 11) is 0. The van der Waals surface area contributed by atoms with Gasteiger partial charge in [0, 0.05) is 0 Å². The van der Waals surface area contributed by atoms with Gasteiger partial charge in [0.1, 0.15) is 0 Å². The van der Waals surface area contributed by atoms with E-state index in [0.29, 0.717) is 6.10 Å². The van der Waals surface area contributed by atoms with Gasteiger partial charge in [0.05, 0.1) is 12.7 Å². The standard InChI is InChI=1S/C23H42O/c1-3-5-6-9-21-11-13-22(14-12-21)10-7-19-24-23-17-15-20(8-4-2)16-18-23/h7,10,20-23H,3-6,8-9,11-19H2,1-2H3/b10-7+/t20-,21-,22-,23-. The fourth-order valence-electron chi connectivity index (χ4n) is 4.79. The Bertz CT molecular complexity index is 319. The van der Waals surface area contributed by atoms with Crippen LogP contribution in [0.4, 0.5) is 0 Å². The van der Waals surface area contributed by atoms with Crippen molar-refractivity contribution in [3.8, 4) is 0 Å². The largest absolute Gasteiger partial charge is 0.374 e. The molecule has 0 N–H and O–H groups in total. The van der Waals surface area contributed by atoms with Crippen molar-refractivity contribution < 1.29 is 4.74 Å². The highest BCUT2D eigenvalue weighted by Gasteiger charge is 2.21. The van der Waals surface area contributed by atoms with Crippen LogP contribution < -0.4 is 0 Å². The van der Waals surface area contributed by atoms with E-state index in [9.17, 15) is 0 Å². The third-order valence-corrected chi connectivity index (χ3v) is 6.43. The lowest BCUT2D eigenvalue weighted by molar-refractivity contribution is 0.0333. The van der Waals surface area contributed by atoms with Gasteiger partial charge in [-0.2, -0.15) is 0 Å². The molecule has 0 aromatic heterocycles. The van der Waals surface area contributed by atoms with Gasteiger partial charge in [-0.3, -0.25) is 0 Å². The second-order valence-corrected chi connectivity index (χ2v) is 8.47. The normalized spacial score (nSPS) is 31.6. The maximum atomic E-state index is 6.10. The summed E-state index contributed by atoms with van der Waals surface area (Å²) < 4.78 is 6.10. The van der Waals surface area contributed by atoms with E-state index in [1.54, 1.807) is 0 Å². The first-order chi connectivity index (χ1) is 11.8. The van der Waals surface area contributed by atoms with E-state index in [0.717, 1.165) is 24.4 Å². The van der Waals surface area contributed by atoms with Crippen molar-refractivity contribution in [1.29, 1.82) is 0 Å². The Labute approximate surface area is 151 Å². The lowest BCUT2D eigenvalue weighted by atomic mass is 9.79. The van der Waals surface area contributed by atoms with Crippen molar-refractivity contribution >= 4 is 0 Å². The van der Waals surface area contributed by atoms with Crippen molar-refractivity contribution in [2.24, 2.45) is 17.8 Å².